The van der Waals surface area contributed by atoms with E-state index in [9.17, 15) is 5.11 Å². The van der Waals surface area contributed by atoms with Crippen LogP contribution in [0.5, 0.6) is 0 Å². The van der Waals surface area contributed by atoms with Gasteiger partial charge in [0.15, 0.2) is 0 Å². The molecule has 0 heterocycles. The summed E-state index contributed by atoms with van der Waals surface area (Å²) in [6.45, 7) is 3.71. The first-order chi connectivity index (χ1) is 7.57. The highest BCUT2D eigenvalue weighted by atomic mass is 35.5. The molecule has 0 fully saturated rings. The molecule has 0 amide bonds. The van der Waals surface area contributed by atoms with Crippen molar-refractivity contribution in [2.45, 2.75) is 26.1 Å². The average Bonchev–Trinajstić information content (AvgIpc) is 2.24. The molecule has 3 nitrogen and oxygen atoms in total. The summed E-state index contributed by atoms with van der Waals surface area (Å²) in [5.74, 6) is 0. The van der Waals surface area contributed by atoms with E-state index in [4.69, 9.17) is 21.1 Å². The second-order valence-corrected chi connectivity index (χ2v) is 4.09. The molecule has 1 N–H and O–H groups in total. The summed E-state index contributed by atoms with van der Waals surface area (Å²) in [5, 5.41) is 10.3. The Morgan fingerprint density at radius 2 is 2.12 bits per heavy atom. The second-order valence-electron chi connectivity index (χ2n) is 3.71. The lowest BCUT2D eigenvalue weighted by Crippen LogP contribution is -2.19. The van der Waals surface area contributed by atoms with E-state index in [1.165, 1.54) is 7.11 Å². The first-order valence-corrected chi connectivity index (χ1v) is 5.49. The van der Waals surface area contributed by atoms with Crippen LogP contribution in [-0.4, -0.2) is 25.1 Å². The molecule has 0 bridgehead atoms. The Hall–Kier alpha value is -0.610. The van der Waals surface area contributed by atoms with E-state index < -0.39 is 12.2 Å². The number of benzene rings is 1. The molecule has 0 aliphatic heterocycles. The van der Waals surface area contributed by atoms with Crippen molar-refractivity contribution in [2.24, 2.45) is 0 Å². The number of methoxy groups -OCH3 is 1. The molecule has 90 valence electrons. The molecule has 0 saturated heterocycles. The van der Waals surface area contributed by atoms with Gasteiger partial charge in [0, 0.05) is 17.7 Å². The number of hydrogen-bond donors (Lipinski definition) is 1. The number of halogens is 1. The number of aryl methyl sites for hydroxylation is 1. The van der Waals surface area contributed by atoms with Gasteiger partial charge in [-0.3, -0.25) is 0 Å². The van der Waals surface area contributed by atoms with Crippen molar-refractivity contribution < 1.29 is 14.6 Å². The number of hydrogen-bond acceptors (Lipinski definition) is 3. The first-order valence-electron chi connectivity index (χ1n) is 5.11. The molecule has 0 saturated carbocycles. The highest BCUT2D eigenvalue weighted by Crippen LogP contribution is 2.30. The van der Waals surface area contributed by atoms with Gasteiger partial charge >= 0.3 is 0 Å². The van der Waals surface area contributed by atoms with Crippen LogP contribution in [0.25, 0.3) is 0 Å². The molecule has 1 aromatic rings. The van der Waals surface area contributed by atoms with Gasteiger partial charge in [0.25, 0.3) is 0 Å². The number of aliphatic hydroxyl groups is 1. The van der Waals surface area contributed by atoms with Gasteiger partial charge in [-0.15, -0.1) is 0 Å². The van der Waals surface area contributed by atoms with Crippen molar-refractivity contribution >= 4 is 11.6 Å². The number of aliphatic hydroxyl groups excluding tert-OH is 1. The van der Waals surface area contributed by atoms with E-state index >= 15 is 0 Å². The quantitative estimate of drug-likeness (QED) is 0.810. The lowest BCUT2D eigenvalue weighted by atomic mass is 10.0. The maximum absolute atomic E-state index is 9.67. The van der Waals surface area contributed by atoms with E-state index in [2.05, 4.69) is 0 Å². The largest absolute Gasteiger partial charge is 0.390 e. The van der Waals surface area contributed by atoms with Gasteiger partial charge in [0.1, 0.15) is 12.9 Å². The van der Waals surface area contributed by atoms with E-state index in [0.717, 1.165) is 11.1 Å². The van der Waals surface area contributed by atoms with Crippen molar-refractivity contribution in [3.05, 3.63) is 34.3 Å². The molecule has 2 atom stereocenters. The first kappa shape index (κ1) is 13.5. The molecule has 16 heavy (non-hydrogen) atoms. The highest BCUT2D eigenvalue weighted by molar-refractivity contribution is 6.32. The van der Waals surface area contributed by atoms with Gasteiger partial charge in [0.05, 0.1) is 6.10 Å². The fourth-order valence-electron chi connectivity index (χ4n) is 1.52. The standard InChI is InChI=1S/C12H17ClO3/c1-8-5-4-6-10(11(8)13)12(9(2)14)16-7-15-3/h4-6,9,12,14H,7H2,1-3H3. The molecule has 0 aliphatic carbocycles. The van der Waals surface area contributed by atoms with Crippen molar-refractivity contribution in [1.29, 1.82) is 0 Å². The minimum atomic E-state index is -0.644. The van der Waals surface area contributed by atoms with E-state index in [0.29, 0.717) is 5.02 Å². The summed E-state index contributed by atoms with van der Waals surface area (Å²) < 4.78 is 10.3. The number of ether oxygens (including phenoxy) is 2. The fraction of sp³-hybridized carbons (Fsp3) is 0.500. The van der Waals surface area contributed by atoms with Gasteiger partial charge in [-0.2, -0.15) is 0 Å². The van der Waals surface area contributed by atoms with Gasteiger partial charge < -0.3 is 14.6 Å². The Morgan fingerprint density at radius 1 is 1.44 bits per heavy atom. The smallest absolute Gasteiger partial charge is 0.147 e. The molecular weight excluding hydrogens is 228 g/mol. The van der Waals surface area contributed by atoms with Crippen LogP contribution in [0.1, 0.15) is 24.2 Å². The summed E-state index contributed by atoms with van der Waals surface area (Å²) in [6.07, 6.45) is -1.11. The summed E-state index contributed by atoms with van der Waals surface area (Å²) in [4.78, 5) is 0. The molecule has 0 spiro atoms. The molecule has 1 aromatic carbocycles. The highest BCUT2D eigenvalue weighted by Gasteiger charge is 2.21. The molecule has 4 heteroatoms. The Morgan fingerprint density at radius 3 is 2.69 bits per heavy atom. The topological polar surface area (TPSA) is 38.7 Å². The van der Waals surface area contributed by atoms with E-state index in [-0.39, 0.29) is 6.79 Å². The van der Waals surface area contributed by atoms with Gasteiger partial charge in [-0.1, -0.05) is 29.8 Å². The maximum Gasteiger partial charge on any atom is 0.147 e. The van der Waals surface area contributed by atoms with Gasteiger partial charge in [-0.25, -0.2) is 0 Å². The van der Waals surface area contributed by atoms with Crippen LogP contribution in [-0.2, 0) is 9.47 Å². The molecule has 1 rings (SSSR count). The lowest BCUT2D eigenvalue weighted by Gasteiger charge is -2.22. The van der Waals surface area contributed by atoms with Crippen LogP contribution < -0.4 is 0 Å². The third-order valence-corrected chi connectivity index (χ3v) is 2.85. The Labute approximate surface area is 101 Å². The molecule has 2 unspecified atom stereocenters. The third-order valence-electron chi connectivity index (χ3n) is 2.33. The normalized spacial score (nSPS) is 14.8. The predicted molar refractivity (Wildman–Crippen MR) is 63.6 cm³/mol. The van der Waals surface area contributed by atoms with Crippen molar-refractivity contribution in [3.63, 3.8) is 0 Å². The molecular formula is C12H17ClO3. The average molecular weight is 245 g/mol. The zero-order chi connectivity index (χ0) is 12.1. The monoisotopic (exact) mass is 244 g/mol. The minimum absolute atomic E-state index is 0.125. The van der Waals surface area contributed by atoms with Crippen LogP contribution in [0, 0.1) is 6.92 Å². The van der Waals surface area contributed by atoms with Gasteiger partial charge in [0.2, 0.25) is 0 Å². The summed E-state index contributed by atoms with van der Waals surface area (Å²) >= 11 is 6.18. The summed E-state index contributed by atoms with van der Waals surface area (Å²) in [6, 6.07) is 5.66. The molecule has 0 radical (unpaired) electrons. The van der Waals surface area contributed by atoms with E-state index in [1.54, 1.807) is 6.92 Å². The second kappa shape index (κ2) is 6.21. The number of rotatable bonds is 5. The summed E-state index contributed by atoms with van der Waals surface area (Å²) in [5.41, 5.74) is 1.75. The zero-order valence-corrected chi connectivity index (χ0v) is 10.5. The third kappa shape index (κ3) is 3.19. The fourth-order valence-corrected chi connectivity index (χ4v) is 1.75. The minimum Gasteiger partial charge on any atom is -0.390 e. The van der Waals surface area contributed by atoms with E-state index in [1.807, 2.05) is 25.1 Å². The van der Waals surface area contributed by atoms with Crippen molar-refractivity contribution in [2.75, 3.05) is 13.9 Å². The Kier molecular flexibility index (Phi) is 5.22. The Balaban J connectivity index is 2.96. The lowest BCUT2D eigenvalue weighted by molar-refractivity contribution is -0.110. The van der Waals surface area contributed by atoms with Crippen molar-refractivity contribution in [1.82, 2.24) is 0 Å². The molecule has 0 aromatic heterocycles. The van der Waals surface area contributed by atoms with Crippen LogP contribution in [0.3, 0.4) is 0 Å². The SMILES string of the molecule is COCOC(c1cccc(C)c1Cl)C(C)O. The Bertz CT molecular complexity index is 339. The van der Waals surface area contributed by atoms with Crippen LogP contribution in [0.2, 0.25) is 5.02 Å². The van der Waals surface area contributed by atoms with Crippen LogP contribution in [0.4, 0.5) is 0 Å². The van der Waals surface area contributed by atoms with Crippen LogP contribution in [0.15, 0.2) is 18.2 Å². The van der Waals surface area contributed by atoms with Crippen molar-refractivity contribution in [3.8, 4) is 0 Å². The molecule has 0 aliphatic rings. The predicted octanol–water partition coefficient (Wildman–Crippen LogP) is 2.69. The van der Waals surface area contributed by atoms with Gasteiger partial charge in [-0.05, 0) is 19.4 Å². The van der Waals surface area contributed by atoms with Crippen LogP contribution >= 0.6 is 11.6 Å². The summed E-state index contributed by atoms with van der Waals surface area (Å²) in [7, 11) is 1.54. The zero-order valence-electron chi connectivity index (χ0n) is 9.74. The maximum atomic E-state index is 9.67.